The van der Waals surface area contributed by atoms with Crippen LogP contribution in [0.5, 0.6) is 0 Å². The number of nitrogens with two attached hydrogens (primary N) is 1. The lowest BCUT2D eigenvalue weighted by atomic mass is 10.0. The molecule has 0 atom stereocenters. The van der Waals surface area contributed by atoms with E-state index in [-0.39, 0.29) is 18.4 Å². The predicted octanol–water partition coefficient (Wildman–Crippen LogP) is 1.93. The molecule has 2 aromatic rings. The molecule has 2 aromatic carbocycles. The van der Waals surface area contributed by atoms with Crippen LogP contribution in [0.3, 0.4) is 0 Å². The largest absolute Gasteiger partial charge is 0.366 e. The first-order chi connectivity index (χ1) is 11.0. The minimum atomic E-state index is -0.512. The van der Waals surface area contributed by atoms with Crippen molar-refractivity contribution in [2.45, 2.75) is 13.3 Å². The molecule has 116 valence electrons. The summed E-state index contributed by atoms with van der Waals surface area (Å²) in [5.74, 6) is -1.10. The van der Waals surface area contributed by atoms with Crippen LogP contribution in [0.25, 0.3) is 0 Å². The Morgan fingerprint density at radius 1 is 1.04 bits per heavy atom. The zero-order chi connectivity index (χ0) is 16.6. The van der Waals surface area contributed by atoms with E-state index < -0.39 is 5.91 Å². The highest BCUT2D eigenvalue weighted by atomic mass is 16.2. The molecule has 0 saturated carbocycles. The standard InChI is InChI=1S/C18H16N2O3/c1-11-6-7-13(16(19)21)12(10-11)8-9-20-17(22)14-4-2-3-5-15(14)18(20)23/h2-7,10H,8-9H2,1H3,(H2,19,21). The summed E-state index contributed by atoms with van der Waals surface area (Å²) in [6.45, 7) is 2.13. The van der Waals surface area contributed by atoms with Crippen LogP contribution < -0.4 is 5.73 Å². The first kappa shape index (κ1) is 15.0. The molecule has 23 heavy (non-hydrogen) atoms. The molecule has 2 N–H and O–H groups in total. The molecular formula is C18H16N2O3. The van der Waals surface area contributed by atoms with Gasteiger partial charge in [-0.05, 0) is 37.1 Å². The molecule has 0 spiro atoms. The van der Waals surface area contributed by atoms with Gasteiger partial charge in [0.05, 0.1) is 11.1 Å². The van der Waals surface area contributed by atoms with Crippen molar-refractivity contribution < 1.29 is 14.4 Å². The number of hydrogen-bond donors (Lipinski definition) is 1. The Bertz CT molecular complexity index is 792. The van der Waals surface area contributed by atoms with Crippen molar-refractivity contribution in [3.8, 4) is 0 Å². The number of hydrogen-bond acceptors (Lipinski definition) is 3. The molecule has 0 aliphatic carbocycles. The van der Waals surface area contributed by atoms with Gasteiger partial charge in [0.25, 0.3) is 11.8 Å². The third kappa shape index (κ3) is 2.61. The summed E-state index contributed by atoms with van der Waals surface area (Å²) in [6, 6.07) is 12.1. The maximum absolute atomic E-state index is 12.3. The second kappa shape index (κ2) is 5.68. The Morgan fingerprint density at radius 2 is 1.65 bits per heavy atom. The first-order valence-corrected chi connectivity index (χ1v) is 7.33. The highest BCUT2D eigenvalue weighted by molar-refractivity contribution is 6.21. The van der Waals surface area contributed by atoms with Gasteiger partial charge in [-0.25, -0.2) is 0 Å². The smallest absolute Gasteiger partial charge is 0.261 e. The minimum Gasteiger partial charge on any atom is -0.366 e. The number of fused-ring (bicyclic) bond motifs is 1. The molecule has 1 aliphatic heterocycles. The lowest BCUT2D eigenvalue weighted by Gasteiger charge is -2.15. The van der Waals surface area contributed by atoms with Crippen molar-refractivity contribution in [3.63, 3.8) is 0 Å². The summed E-state index contributed by atoms with van der Waals surface area (Å²) < 4.78 is 0. The van der Waals surface area contributed by atoms with Crippen LogP contribution in [-0.4, -0.2) is 29.2 Å². The van der Waals surface area contributed by atoms with E-state index in [0.717, 1.165) is 11.1 Å². The molecule has 0 radical (unpaired) electrons. The number of benzene rings is 2. The molecule has 0 unspecified atom stereocenters. The number of aryl methyl sites for hydroxylation is 1. The lowest BCUT2D eigenvalue weighted by molar-refractivity contribution is 0.0656. The van der Waals surface area contributed by atoms with Crippen molar-refractivity contribution >= 4 is 17.7 Å². The van der Waals surface area contributed by atoms with E-state index >= 15 is 0 Å². The number of rotatable bonds is 4. The number of nitrogens with zero attached hydrogens (tertiary/aromatic N) is 1. The van der Waals surface area contributed by atoms with E-state index in [2.05, 4.69) is 0 Å². The van der Waals surface area contributed by atoms with Crippen molar-refractivity contribution in [1.82, 2.24) is 4.90 Å². The van der Waals surface area contributed by atoms with Crippen LogP contribution in [0.1, 0.15) is 42.2 Å². The SMILES string of the molecule is Cc1ccc(C(N)=O)c(CCN2C(=O)c3ccccc3C2=O)c1. The number of carbonyl (C=O) groups excluding carboxylic acids is 3. The first-order valence-electron chi connectivity index (χ1n) is 7.33. The molecule has 0 saturated heterocycles. The molecule has 1 aliphatic rings. The highest BCUT2D eigenvalue weighted by Crippen LogP contribution is 2.23. The zero-order valence-electron chi connectivity index (χ0n) is 12.7. The Kier molecular flexibility index (Phi) is 3.70. The Balaban J connectivity index is 1.83. The van der Waals surface area contributed by atoms with E-state index in [1.165, 1.54) is 4.90 Å². The van der Waals surface area contributed by atoms with Gasteiger partial charge in [0.2, 0.25) is 5.91 Å². The van der Waals surface area contributed by atoms with E-state index in [0.29, 0.717) is 23.1 Å². The van der Waals surface area contributed by atoms with Crippen LogP contribution in [0.4, 0.5) is 0 Å². The molecule has 0 fully saturated rings. The second-order valence-corrected chi connectivity index (χ2v) is 5.58. The van der Waals surface area contributed by atoms with Gasteiger partial charge in [-0.1, -0.05) is 29.8 Å². The molecule has 3 amide bonds. The fraction of sp³-hybridized carbons (Fsp3) is 0.167. The molecule has 0 bridgehead atoms. The van der Waals surface area contributed by atoms with Crippen molar-refractivity contribution in [3.05, 3.63) is 70.3 Å². The fourth-order valence-corrected chi connectivity index (χ4v) is 2.84. The average Bonchev–Trinajstić information content (AvgIpc) is 2.77. The highest BCUT2D eigenvalue weighted by Gasteiger charge is 2.34. The van der Waals surface area contributed by atoms with Crippen molar-refractivity contribution in [2.24, 2.45) is 5.73 Å². The van der Waals surface area contributed by atoms with Crippen LogP contribution in [0.15, 0.2) is 42.5 Å². The normalized spacial score (nSPS) is 13.3. The van der Waals surface area contributed by atoms with Crippen LogP contribution >= 0.6 is 0 Å². The summed E-state index contributed by atoms with van der Waals surface area (Å²) in [6.07, 6.45) is 0.394. The van der Waals surface area contributed by atoms with Crippen LogP contribution in [-0.2, 0) is 6.42 Å². The third-order valence-corrected chi connectivity index (χ3v) is 4.01. The minimum absolute atomic E-state index is 0.218. The summed E-state index contributed by atoms with van der Waals surface area (Å²) >= 11 is 0. The Hall–Kier alpha value is -2.95. The fourth-order valence-electron chi connectivity index (χ4n) is 2.84. The van der Waals surface area contributed by atoms with Gasteiger partial charge < -0.3 is 5.73 Å². The predicted molar refractivity (Wildman–Crippen MR) is 85.2 cm³/mol. The maximum Gasteiger partial charge on any atom is 0.261 e. The molecule has 5 heteroatoms. The summed E-state index contributed by atoms with van der Waals surface area (Å²) in [5.41, 5.74) is 8.40. The van der Waals surface area contributed by atoms with Gasteiger partial charge >= 0.3 is 0 Å². The van der Waals surface area contributed by atoms with Crippen LogP contribution in [0.2, 0.25) is 0 Å². The van der Waals surface area contributed by atoms with E-state index in [1.54, 1.807) is 30.3 Å². The number of primary amides is 1. The Labute approximate surface area is 133 Å². The molecule has 0 aromatic heterocycles. The molecular weight excluding hydrogens is 292 g/mol. The van der Waals surface area contributed by atoms with Crippen LogP contribution in [0, 0.1) is 6.92 Å². The van der Waals surface area contributed by atoms with Gasteiger partial charge in [0, 0.05) is 12.1 Å². The molecule has 5 nitrogen and oxygen atoms in total. The van der Waals surface area contributed by atoms with Gasteiger partial charge in [0.15, 0.2) is 0 Å². The number of carbonyl (C=O) groups is 3. The second-order valence-electron chi connectivity index (χ2n) is 5.58. The number of imide groups is 1. The lowest BCUT2D eigenvalue weighted by Crippen LogP contribution is -2.32. The summed E-state index contributed by atoms with van der Waals surface area (Å²) in [7, 11) is 0. The third-order valence-electron chi connectivity index (χ3n) is 4.01. The molecule has 1 heterocycles. The monoisotopic (exact) mass is 308 g/mol. The van der Waals surface area contributed by atoms with E-state index in [1.807, 2.05) is 19.1 Å². The van der Waals surface area contributed by atoms with E-state index in [9.17, 15) is 14.4 Å². The maximum atomic E-state index is 12.3. The van der Waals surface area contributed by atoms with Crippen molar-refractivity contribution in [1.29, 1.82) is 0 Å². The van der Waals surface area contributed by atoms with E-state index in [4.69, 9.17) is 5.73 Å². The van der Waals surface area contributed by atoms with Gasteiger partial charge in [-0.15, -0.1) is 0 Å². The summed E-state index contributed by atoms with van der Waals surface area (Å²) in [5, 5.41) is 0. The number of amides is 3. The van der Waals surface area contributed by atoms with Gasteiger partial charge in [-0.2, -0.15) is 0 Å². The van der Waals surface area contributed by atoms with Gasteiger partial charge in [0.1, 0.15) is 0 Å². The summed E-state index contributed by atoms with van der Waals surface area (Å²) in [4.78, 5) is 37.4. The molecule has 3 rings (SSSR count). The topological polar surface area (TPSA) is 80.5 Å². The Morgan fingerprint density at radius 3 is 2.22 bits per heavy atom. The van der Waals surface area contributed by atoms with Crippen molar-refractivity contribution in [2.75, 3.05) is 6.54 Å². The quantitative estimate of drug-likeness (QED) is 0.876. The van der Waals surface area contributed by atoms with Gasteiger partial charge in [-0.3, -0.25) is 19.3 Å². The zero-order valence-corrected chi connectivity index (χ0v) is 12.7. The average molecular weight is 308 g/mol.